The maximum Gasteiger partial charge on any atom is 0.246 e. The lowest BCUT2D eigenvalue weighted by molar-refractivity contribution is 0.461. The zero-order chi connectivity index (χ0) is 24.6. The summed E-state index contributed by atoms with van der Waals surface area (Å²) < 4.78 is 18.8. The third kappa shape index (κ3) is 9.27. The number of anilines is 1. The number of rotatable bonds is 7. The van der Waals surface area contributed by atoms with E-state index in [-0.39, 0.29) is 0 Å². The molecular weight excluding hydrogens is 449 g/mol. The van der Waals surface area contributed by atoms with Gasteiger partial charge in [0.25, 0.3) is 0 Å². The second-order valence-electron chi connectivity index (χ2n) is 7.82. The predicted molar refractivity (Wildman–Crippen MR) is 142 cm³/mol. The van der Waals surface area contributed by atoms with Gasteiger partial charge in [0.1, 0.15) is 18.1 Å². The van der Waals surface area contributed by atoms with Crippen LogP contribution in [0.2, 0.25) is 0 Å². The van der Waals surface area contributed by atoms with E-state index in [2.05, 4.69) is 39.4 Å². The minimum Gasteiger partial charge on any atom is -0.437 e. The molecule has 0 bridgehead atoms. The van der Waals surface area contributed by atoms with Crippen LogP contribution in [0.1, 0.15) is 38.7 Å². The van der Waals surface area contributed by atoms with Crippen LogP contribution in [0.15, 0.2) is 55.0 Å². The van der Waals surface area contributed by atoms with Crippen molar-refractivity contribution in [2.24, 2.45) is 0 Å². The van der Waals surface area contributed by atoms with Gasteiger partial charge in [-0.25, -0.2) is 9.37 Å². The van der Waals surface area contributed by atoms with Gasteiger partial charge in [0.05, 0.1) is 6.20 Å². The second-order valence-corrected chi connectivity index (χ2v) is 8.64. The van der Waals surface area contributed by atoms with Gasteiger partial charge in [0.2, 0.25) is 5.88 Å². The molecule has 184 valence electrons. The fraction of sp³-hybridized carbons (Fsp3) is 0.423. The summed E-state index contributed by atoms with van der Waals surface area (Å²) in [6.07, 6.45) is 12.8. The smallest absolute Gasteiger partial charge is 0.246 e. The molecule has 4 rings (SSSR count). The van der Waals surface area contributed by atoms with Crippen LogP contribution in [0, 0.1) is 0 Å². The van der Waals surface area contributed by atoms with Crippen LogP contribution in [0.4, 0.5) is 10.1 Å². The van der Waals surface area contributed by atoms with E-state index >= 15 is 0 Å². The molecule has 0 saturated carbocycles. The molecular formula is C26H36FN5OS. The van der Waals surface area contributed by atoms with Crippen LogP contribution >= 0.6 is 11.8 Å². The molecule has 6 nitrogen and oxygen atoms in total. The van der Waals surface area contributed by atoms with Gasteiger partial charge in [-0.2, -0.15) is 16.7 Å². The SMILES string of the molecule is CCC.CSC.FCc1ccc(Oc2nc(-c3cccnc3)ncc2NCC2CCCN2)cc1. The van der Waals surface area contributed by atoms with Crippen molar-refractivity contribution >= 4 is 17.4 Å². The Hall–Kier alpha value is -2.71. The number of nitrogens with zero attached hydrogens (tertiary/aromatic N) is 3. The topological polar surface area (TPSA) is 72.0 Å². The molecule has 1 aliphatic rings. The lowest BCUT2D eigenvalue weighted by Gasteiger charge is -2.16. The van der Waals surface area contributed by atoms with Crippen LogP contribution in [0.3, 0.4) is 0 Å². The van der Waals surface area contributed by atoms with Gasteiger partial charge in [-0.1, -0.05) is 32.4 Å². The summed E-state index contributed by atoms with van der Waals surface area (Å²) in [5, 5.41) is 6.85. The van der Waals surface area contributed by atoms with Gasteiger partial charge in [-0.05, 0) is 61.7 Å². The van der Waals surface area contributed by atoms with Gasteiger partial charge in [0, 0.05) is 30.5 Å². The second kappa shape index (κ2) is 16.0. The van der Waals surface area contributed by atoms with Gasteiger partial charge in [-0.15, -0.1) is 0 Å². The van der Waals surface area contributed by atoms with Crippen LogP contribution in [-0.4, -0.2) is 46.6 Å². The number of hydrogen-bond acceptors (Lipinski definition) is 7. The number of hydrogen-bond donors (Lipinski definition) is 2. The number of alkyl halides is 1. The van der Waals surface area contributed by atoms with E-state index in [0.29, 0.717) is 29.1 Å². The molecule has 1 unspecified atom stereocenters. The van der Waals surface area contributed by atoms with Crippen LogP contribution in [-0.2, 0) is 6.67 Å². The maximum atomic E-state index is 12.8. The van der Waals surface area contributed by atoms with E-state index in [9.17, 15) is 4.39 Å². The van der Waals surface area contributed by atoms with Crippen molar-refractivity contribution in [2.45, 2.75) is 45.8 Å². The molecule has 8 heteroatoms. The van der Waals surface area contributed by atoms with Gasteiger partial charge in [0.15, 0.2) is 5.82 Å². The molecule has 0 amide bonds. The summed E-state index contributed by atoms with van der Waals surface area (Å²) >= 11 is 1.75. The number of benzene rings is 1. The minimum absolute atomic E-state index is 0.426. The van der Waals surface area contributed by atoms with Crippen molar-refractivity contribution < 1.29 is 9.13 Å². The lowest BCUT2D eigenvalue weighted by atomic mass is 10.2. The van der Waals surface area contributed by atoms with E-state index in [0.717, 1.165) is 30.8 Å². The van der Waals surface area contributed by atoms with Crippen molar-refractivity contribution in [1.29, 1.82) is 0 Å². The van der Waals surface area contributed by atoms with Crippen molar-refractivity contribution in [1.82, 2.24) is 20.3 Å². The highest BCUT2D eigenvalue weighted by molar-refractivity contribution is 7.97. The first kappa shape index (κ1) is 27.5. The predicted octanol–water partition coefficient (Wildman–Crippen LogP) is 6.36. The van der Waals surface area contributed by atoms with E-state index in [1.54, 1.807) is 54.6 Å². The number of pyridine rings is 1. The molecule has 3 heterocycles. The Morgan fingerprint density at radius 2 is 1.88 bits per heavy atom. The summed E-state index contributed by atoms with van der Waals surface area (Å²) in [7, 11) is 0. The Labute approximate surface area is 207 Å². The summed E-state index contributed by atoms with van der Waals surface area (Å²) in [6.45, 7) is 5.57. The Kier molecular flexibility index (Phi) is 13.0. The van der Waals surface area contributed by atoms with E-state index < -0.39 is 6.67 Å². The zero-order valence-electron chi connectivity index (χ0n) is 20.6. The molecule has 0 aliphatic carbocycles. The number of ether oxygens (including phenoxy) is 1. The fourth-order valence-electron chi connectivity index (χ4n) is 3.12. The molecule has 1 saturated heterocycles. The van der Waals surface area contributed by atoms with Crippen molar-refractivity contribution in [3.05, 3.63) is 60.6 Å². The first-order valence-corrected chi connectivity index (χ1v) is 13.3. The molecule has 0 spiro atoms. The summed E-state index contributed by atoms with van der Waals surface area (Å²) in [6, 6.07) is 11.0. The van der Waals surface area contributed by atoms with Gasteiger partial charge < -0.3 is 15.4 Å². The number of thioether (sulfide) groups is 1. The zero-order valence-corrected chi connectivity index (χ0v) is 21.4. The average molecular weight is 486 g/mol. The molecule has 2 aromatic heterocycles. The summed E-state index contributed by atoms with van der Waals surface area (Å²) in [5.74, 6) is 1.56. The highest BCUT2D eigenvalue weighted by Gasteiger charge is 2.16. The number of aromatic nitrogens is 3. The Bertz CT molecular complexity index is 936. The normalized spacial score (nSPS) is 14.3. The molecule has 2 N–H and O–H groups in total. The minimum atomic E-state index is -0.500. The largest absolute Gasteiger partial charge is 0.437 e. The van der Waals surface area contributed by atoms with E-state index in [1.165, 1.54) is 12.8 Å². The molecule has 34 heavy (non-hydrogen) atoms. The fourth-order valence-corrected chi connectivity index (χ4v) is 3.12. The molecule has 1 aromatic carbocycles. The highest BCUT2D eigenvalue weighted by Crippen LogP contribution is 2.29. The quantitative estimate of drug-likeness (QED) is 0.403. The average Bonchev–Trinajstić information content (AvgIpc) is 3.39. The van der Waals surface area contributed by atoms with Crippen LogP contribution in [0.5, 0.6) is 11.6 Å². The third-order valence-corrected chi connectivity index (χ3v) is 4.67. The highest BCUT2D eigenvalue weighted by atomic mass is 32.2. The molecule has 1 atom stereocenters. The van der Waals surface area contributed by atoms with Crippen LogP contribution in [0.25, 0.3) is 11.4 Å². The summed E-state index contributed by atoms with van der Waals surface area (Å²) in [4.78, 5) is 13.2. The summed E-state index contributed by atoms with van der Waals surface area (Å²) in [5.41, 5.74) is 2.14. The van der Waals surface area contributed by atoms with E-state index in [4.69, 9.17) is 4.74 Å². The maximum absolute atomic E-state index is 12.8. The molecule has 0 radical (unpaired) electrons. The first-order valence-electron chi connectivity index (χ1n) is 11.6. The number of nitrogens with one attached hydrogen (secondary N) is 2. The van der Waals surface area contributed by atoms with Crippen molar-refractivity contribution in [3.8, 4) is 23.0 Å². The Balaban J connectivity index is 0.000000618. The molecule has 3 aromatic rings. The molecule has 1 fully saturated rings. The Morgan fingerprint density at radius 1 is 1.15 bits per heavy atom. The van der Waals surface area contributed by atoms with Crippen LogP contribution < -0.4 is 15.4 Å². The lowest BCUT2D eigenvalue weighted by Crippen LogP contribution is -2.29. The number of halogens is 1. The van der Waals surface area contributed by atoms with E-state index in [1.807, 2.05) is 24.6 Å². The monoisotopic (exact) mass is 485 g/mol. The van der Waals surface area contributed by atoms with Gasteiger partial charge >= 0.3 is 0 Å². The third-order valence-electron chi connectivity index (χ3n) is 4.67. The standard InChI is InChI=1S/C21H22FN5O.C3H8.C2H6S/c22-11-15-5-7-18(8-6-15)28-21-19(25-13-17-4-2-10-24-17)14-26-20(27-21)16-3-1-9-23-12-16;2*1-3-2/h1,3,5-9,12,14,17,24-25H,2,4,10-11,13H2;3H2,1-2H3;1-2H3. The molecule has 1 aliphatic heterocycles. The van der Waals surface area contributed by atoms with Crippen molar-refractivity contribution in [3.63, 3.8) is 0 Å². The Morgan fingerprint density at radius 3 is 2.47 bits per heavy atom. The van der Waals surface area contributed by atoms with Crippen molar-refractivity contribution in [2.75, 3.05) is 30.9 Å². The first-order chi connectivity index (χ1) is 16.6. The van der Waals surface area contributed by atoms with Gasteiger partial charge in [-0.3, -0.25) is 4.98 Å².